The molecule has 4 heterocycles. The molecule has 2 unspecified atom stereocenters. The number of morpholine rings is 1. The van der Waals surface area contributed by atoms with Gasteiger partial charge in [-0.2, -0.15) is 13.2 Å². The zero-order valence-electron chi connectivity index (χ0n) is 16.5. The molecule has 31 heavy (non-hydrogen) atoms. The zero-order valence-corrected chi connectivity index (χ0v) is 17.2. The molecule has 7 nitrogen and oxygen atoms in total. The highest BCUT2D eigenvalue weighted by Crippen LogP contribution is 2.52. The van der Waals surface area contributed by atoms with Crippen LogP contribution in [0.5, 0.6) is 0 Å². The summed E-state index contributed by atoms with van der Waals surface area (Å²) in [6.07, 6.45) is -5.48. The maximum atomic E-state index is 13.3. The van der Waals surface area contributed by atoms with Crippen LogP contribution in [0.15, 0.2) is 22.7 Å². The summed E-state index contributed by atoms with van der Waals surface area (Å²) in [5.74, 6) is 0.0531. The Labute approximate surface area is 180 Å². The molecule has 2 aromatic rings. The van der Waals surface area contributed by atoms with E-state index in [9.17, 15) is 18.0 Å². The van der Waals surface area contributed by atoms with Crippen molar-refractivity contribution in [3.05, 3.63) is 40.0 Å². The van der Waals surface area contributed by atoms with Crippen LogP contribution in [0.25, 0.3) is 11.3 Å². The minimum Gasteiger partial charge on any atom is -0.378 e. The highest BCUT2D eigenvalue weighted by Gasteiger charge is 2.55. The molecule has 0 spiro atoms. The molecule has 3 aliphatic heterocycles. The fraction of sp³-hybridized carbons (Fsp3) is 0.500. The van der Waals surface area contributed by atoms with E-state index < -0.39 is 24.6 Å². The van der Waals surface area contributed by atoms with Crippen molar-refractivity contribution >= 4 is 17.5 Å². The lowest BCUT2D eigenvalue weighted by molar-refractivity contribution is -0.186. The SMILES string of the molecule is C[C@H](N1Cc2cc(-c3cc(C(=O)N4CCOCC4)no3)cc(Cl)c2C2OC21)C(F)(F)F. The van der Waals surface area contributed by atoms with Gasteiger partial charge in [0.05, 0.1) is 13.2 Å². The minimum absolute atomic E-state index is 0.0401. The van der Waals surface area contributed by atoms with Crippen molar-refractivity contribution < 1.29 is 32.0 Å². The fourth-order valence-corrected chi connectivity index (χ4v) is 4.45. The average Bonchev–Trinajstić information content (AvgIpc) is 3.38. The normalized spacial score (nSPS) is 24.5. The highest BCUT2D eigenvalue weighted by atomic mass is 35.5. The average molecular weight is 458 g/mol. The smallest absolute Gasteiger partial charge is 0.378 e. The number of carbonyl (C=O) groups is 1. The maximum absolute atomic E-state index is 13.3. The second-order valence-electron chi connectivity index (χ2n) is 7.85. The number of nitrogens with zero attached hydrogens (tertiary/aromatic N) is 3. The van der Waals surface area contributed by atoms with Gasteiger partial charge in [-0.1, -0.05) is 16.8 Å². The van der Waals surface area contributed by atoms with Crippen LogP contribution in [-0.2, 0) is 16.0 Å². The molecule has 0 bridgehead atoms. The van der Waals surface area contributed by atoms with Gasteiger partial charge in [-0.3, -0.25) is 9.69 Å². The van der Waals surface area contributed by atoms with Crippen LogP contribution in [0.1, 0.15) is 34.6 Å². The van der Waals surface area contributed by atoms with Gasteiger partial charge in [0.15, 0.2) is 11.5 Å². The van der Waals surface area contributed by atoms with Crippen LogP contribution < -0.4 is 0 Å². The van der Waals surface area contributed by atoms with Gasteiger partial charge in [-0.25, -0.2) is 0 Å². The molecule has 166 valence electrons. The number of fused-ring (bicyclic) bond motifs is 3. The van der Waals surface area contributed by atoms with E-state index in [-0.39, 0.29) is 18.1 Å². The summed E-state index contributed by atoms with van der Waals surface area (Å²) in [5, 5.41) is 4.26. The van der Waals surface area contributed by atoms with Crippen LogP contribution in [-0.4, -0.2) is 65.6 Å². The van der Waals surface area contributed by atoms with Crippen molar-refractivity contribution in [1.29, 1.82) is 0 Å². The van der Waals surface area contributed by atoms with Gasteiger partial charge in [-0.05, 0) is 24.6 Å². The summed E-state index contributed by atoms with van der Waals surface area (Å²) in [6, 6.07) is 3.25. The molecule has 0 aliphatic carbocycles. The van der Waals surface area contributed by atoms with E-state index in [1.807, 2.05) is 0 Å². The van der Waals surface area contributed by atoms with Crippen LogP contribution in [0, 0.1) is 0 Å². The Kier molecular flexibility index (Phi) is 5.00. The van der Waals surface area contributed by atoms with E-state index in [0.717, 1.165) is 6.92 Å². The van der Waals surface area contributed by atoms with E-state index in [1.165, 1.54) is 11.0 Å². The number of halogens is 4. The Bertz CT molecular complexity index is 1020. The monoisotopic (exact) mass is 457 g/mol. The summed E-state index contributed by atoms with van der Waals surface area (Å²) in [5.41, 5.74) is 2.03. The van der Waals surface area contributed by atoms with E-state index in [2.05, 4.69) is 5.16 Å². The summed E-state index contributed by atoms with van der Waals surface area (Å²) in [7, 11) is 0. The fourth-order valence-electron chi connectivity index (χ4n) is 4.11. The summed E-state index contributed by atoms with van der Waals surface area (Å²) >= 11 is 6.46. The first kappa shape index (κ1) is 20.7. The van der Waals surface area contributed by atoms with Crippen molar-refractivity contribution in [1.82, 2.24) is 15.0 Å². The molecule has 2 fully saturated rings. The molecule has 1 amide bonds. The van der Waals surface area contributed by atoms with Crippen LogP contribution >= 0.6 is 11.6 Å². The Balaban J connectivity index is 1.42. The molecule has 2 saturated heterocycles. The lowest BCUT2D eigenvalue weighted by Gasteiger charge is -2.32. The number of hydrogen-bond donors (Lipinski definition) is 0. The number of alkyl halides is 3. The number of aromatic nitrogens is 1. The second-order valence-corrected chi connectivity index (χ2v) is 8.26. The first-order chi connectivity index (χ1) is 14.7. The quantitative estimate of drug-likeness (QED) is 0.655. The van der Waals surface area contributed by atoms with E-state index in [1.54, 1.807) is 17.0 Å². The van der Waals surface area contributed by atoms with Gasteiger partial charge in [0, 0.05) is 41.9 Å². The van der Waals surface area contributed by atoms with Gasteiger partial charge < -0.3 is 18.9 Å². The molecular weight excluding hydrogens is 439 g/mol. The number of benzene rings is 1. The van der Waals surface area contributed by atoms with E-state index >= 15 is 0 Å². The standard InChI is InChI=1S/C20H19ClF3N3O4/c1-10(20(22,23)24)27-9-12-6-11(7-13(21)16(12)17-19(27)30-17)15-8-14(25-31-15)18(28)26-2-4-29-5-3-26/h6-8,10,17,19H,2-5,9H2,1H3/t10-,17?,19?/m0/s1. The second kappa shape index (κ2) is 7.47. The molecule has 3 atom stereocenters. The lowest BCUT2D eigenvalue weighted by atomic mass is 9.95. The molecule has 1 aromatic carbocycles. The lowest BCUT2D eigenvalue weighted by Crippen LogP contribution is -2.46. The van der Waals surface area contributed by atoms with Crippen molar-refractivity contribution in [2.24, 2.45) is 0 Å². The third kappa shape index (κ3) is 3.71. The van der Waals surface area contributed by atoms with Gasteiger partial charge in [0.2, 0.25) is 0 Å². The van der Waals surface area contributed by atoms with Gasteiger partial charge >= 0.3 is 6.18 Å². The third-order valence-electron chi connectivity index (χ3n) is 5.93. The molecular formula is C20H19ClF3N3O4. The Morgan fingerprint density at radius 2 is 2.00 bits per heavy atom. The predicted octanol–water partition coefficient (Wildman–Crippen LogP) is 3.63. The Hall–Kier alpha value is -2.14. The van der Waals surface area contributed by atoms with Crippen LogP contribution in [0.4, 0.5) is 13.2 Å². The molecule has 3 aliphatic rings. The van der Waals surface area contributed by atoms with Crippen molar-refractivity contribution in [3.63, 3.8) is 0 Å². The number of epoxide rings is 1. The van der Waals surface area contributed by atoms with Crippen LogP contribution in [0.2, 0.25) is 5.02 Å². The largest absolute Gasteiger partial charge is 0.403 e. The van der Waals surface area contributed by atoms with Crippen LogP contribution in [0.3, 0.4) is 0 Å². The number of carbonyl (C=O) groups excluding carboxylic acids is 1. The number of amides is 1. The number of ether oxygens (including phenoxy) is 2. The Morgan fingerprint density at radius 1 is 1.26 bits per heavy atom. The molecule has 0 saturated carbocycles. The highest BCUT2D eigenvalue weighted by molar-refractivity contribution is 6.31. The summed E-state index contributed by atoms with van der Waals surface area (Å²) in [6.45, 7) is 3.04. The van der Waals surface area contributed by atoms with Gasteiger partial charge in [0.1, 0.15) is 18.4 Å². The van der Waals surface area contributed by atoms with Crippen molar-refractivity contribution in [2.45, 2.75) is 38.0 Å². The van der Waals surface area contributed by atoms with E-state index in [4.69, 9.17) is 25.6 Å². The van der Waals surface area contributed by atoms with Crippen molar-refractivity contribution in [3.8, 4) is 11.3 Å². The predicted molar refractivity (Wildman–Crippen MR) is 102 cm³/mol. The first-order valence-corrected chi connectivity index (χ1v) is 10.3. The molecule has 0 radical (unpaired) electrons. The number of rotatable bonds is 3. The topological polar surface area (TPSA) is 71.3 Å². The first-order valence-electron chi connectivity index (χ1n) is 9.88. The maximum Gasteiger partial charge on any atom is 0.403 e. The van der Waals surface area contributed by atoms with E-state index in [0.29, 0.717) is 53.8 Å². The van der Waals surface area contributed by atoms with Crippen molar-refractivity contribution in [2.75, 3.05) is 26.3 Å². The zero-order chi connectivity index (χ0) is 21.9. The minimum atomic E-state index is -4.37. The summed E-state index contributed by atoms with van der Waals surface area (Å²) < 4.78 is 55.9. The molecule has 1 aromatic heterocycles. The van der Waals surface area contributed by atoms with Gasteiger partial charge in [0.25, 0.3) is 5.91 Å². The van der Waals surface area contributed by atoms with Gasteiger partial charge in [-0.15, -0.1) is 0 Å². The Morgan fingerprint density at radius 3 is 2.71 bits per heavy atom. The third-order valence-corrected chi connectivity index (χ3v) is 6.24. The molecule has 0 N–H and O–H groups in total. The number of hydrogen-bond acceptors (Lipinski definition) is 6. The molecule has 11 heteroatoms. The molecule has 5 rings (SSSR count). The summed E-state index contributed by atoms with van der Waals surface area (Å²) in [4.78, 5) is 15.5.